The summed E-state index contributed by atoms with van der Waals surface area (Å²) >= 11 is 0. The van der Waals surface area contributed by atoms with Crippen molar-refractivity contribution in [2.75, 3.05) is 17.1 Å². The highest BCUT2D eigenvalue weighted by molar-refractivity contribution is 7.92. The van der Waals surface area contributed by atoms with Gasteiger partial charge in [0.2, 0.25) is 15.9 Å². The molecule has 2 aliphatic rings. The van der Waals surface area contributed by atoms with Crippen LogP contribution in [0.15, 0.2) is 18.2 Å². The number of anilines is 1. The van der Waals surface area contributed by atoms with Crippen LogP contribution in [0.25, 0.3) is 0 Å². The van der Waals surface area contributed by atoms with Gasteiger partial charge in [0.25, 0.3) is 0 Å². The molecule has 144 valence electrons. The maximum atomic E-state index is 12.3. The topological polar surface area (TPSA) is 66.5 Å². The molecule has 2 fully saturated rings. The quantitative estimate of drug-likeness (QED) is 0.792. The molecule has 0 heterocycles. The Hall–Kier alpha value is -1.56. The number of benzene rings is 1. The minimum atomic E-state index is -3.37. The van der Waals surface area contributed by atoms with E-state index in [1.807, 2.05) is 32.0 Å². The van der Waals surface area contributed by atoms with Crippen LogP contribution in [0.3, 0.4) is 0 Å². The van der Waals surface area contributed by atoms with Gasteiger partial charge in [-0.1, -0.05) is 12.5 Å². The Morgan fingerprint density at radius 2 is 1.96 bits per heavy atom. The van der Waals surface area contributed by atoms with Crippen molar-refractivity contribution in [2.45, 2.75) is 58.4 Å². The minimum absolute atomic E-state index is 0.0519. The van der Waals surface area contributed by atoms with Gasteiger partial charge in [-0.05, 0) is 74.6 Å². The first-order valence-corrected chi connectivity index (χ1v) is 11.4. The molecule has 0 spiro atoms. The van der Waals surface area contributed by atoms with E-state index in [2.05, 4.69) is 5.32 Å². The van der Waals surface area contributed by atoms with E-state index in [9.17, 15) is 13.2 Å². The molecule has 0 saturated heterocycles. The van der Waals surface area contributed by atoms with Gasteiger partial charge in [0.1, 0.15) is 0 Å². The predicted molar refractivity (Wildman–Crippen MR) is 105 cm³/mol. The SMILES string of the molecule is Cc1ccc(N(CCCC(=O)N[C@H]2C[C@H]3CC[C@H]2C3)S(C)(=O)=O)cc1C. The van der Waals surface area contributed by atoms with Crippen LogP contribution in [0.4, 0.5) is 5.69 Å². The Labute approximate surface area is 157 Å². The summed E-state index contributed by atoms with van der Waals surface area (Å²) in [6.45, 7) is 4.30. The number of aryl methyl sites for hydroxylation is 2. The predicted octanol–water partition coefficient (Wildman–Crippen LogP) is 3.15. The zero-order chi connectivity index (χ0) is 18.9. The van der Waals surface area contributed by atoms with Crippen LogP contribution in [-0.4, -0.2) is 33.2 Å². The lowest BCUT2D eigenvalue weighted by atomic mass is 9.95. The number of fused-ring (bicyclic) bond motifs is 2. The highest BCUT2D eigenvalue weighted by Crippen LogP contribution is 2.44. The van der Waals surface area contributed by atoms with Crippen molar-refractivity contribution < 1.29 is 13.2 Å². The Morgan fingerprint density at radius 1 is 1.19 bits per heavy atom. The van der Waals surface area contributed by atoms with Crippen molar-refractivity contribution in [1.29, 1.82) is 0 Å². The Bertz CT molecular complexity index is 775. The molecule has 5 nitrogen and oxygen atoms in total. The summed E-state index contributed by atoms with van der Waals surface area (Å²) in [6, 6.07) is 6.00. The third-order valence-electron chi connectivity index (χ3n) is 6.03. The second-order valence-corrected chi connectivity index (χ2v) is 9.96. The van der Waals surface area contributed by atoms with Gasteiger partial charge in [0.15, 0.2) is 0 Å². The van der Waals surface area contributed by atoms with Gasteiger partial charge in [-0.3, -0.25) is 9.10 Å². The van der Waals surface area contributed by atoms with Crippen LogP contribution >= 0.6 is 0 Å². The first kappa shape index (κ1) is 19.2. The third kappa shape index (κ3) is 4.40. The van der Waals surface area contributed by atoms with Crippen molar-refractivity contribution in [1.82, 2.24) is 5.32 Å². The molecule has 3 rings (SSSR count). The van der Waals surface area contributed by atoms with E-state index in [1.165, 1.54) is 29.8 Å². The fraction of sp³-hybridized carbons (Fsp3) is 0.650. The first-order chi connectivity index (χ1) is 12.2. The van der Waals surface area contributed by atoms with Crippen LogP contribution < -0.4 is 9.62 Å². The molecule has 1 N–H and O–H groups in total. The van der Waals surface area contributed by atoms with Gasteiger partial charge in [-0.25, -0.2) is 8.42 Å². The van der Waals surface area contributed by atoms with Gasteiger partial charge >= 0.3 is 0 Å². The minimum Gasteiger partial charge on any atom is -0.353 e. The largest absolute Gasteiger partial charge is 0.353 e. The number of nitrogens with one attached hydrogen (secondary N) is 1. The molecular formula is C20H30N2O3S. The number of sulfonamides is 1. The summed E-state index contributed by atoms with van der Waals surface area (Å²) in [7, 11) is -3.37. The van der Waals surface area contributed by atoms with E-state index in [0.29, 0.717) is 37.0 Å². The Balaban J connectivity index is 1.54. The number of carbonyl (C=O) groups excluding carboxylic acids is 1. The number of rotatable bonds is 7. The van der Waals surface area contributed by atoms with Gasteiger partial charge in [0.05, 0.1) is 11.9 Å². The molecule has 0 radical (unpaired) electrons. The van der Waals surface area contributed by atoms with Crippen molar-refractivity contribution in [3.8, 4) is 0 Å². The van der Waals surface area contributed by atoms with E-state index in [0.717, 1.165) is 23.5 Å². The summed E-state index contributed by atoms with van der Waals surface area (Å²) in [4.78, 5) is 12.3. The van der Waals surface area contributed by atoms with E-state index in [4.69, 9.17) is 0 Å². The summed E-state index contributed by atoms with van der Waals surface area (Å²) in [5.41, 5.74) is 2.86. The molecule has 0 aliphatic heterocycles. The number of carbonyl (C=O) groups is 1. The van der Waals surface area contributed by atoms with Gasteiger partial charge < -0.3 is 5.32 Å². The Morgan fingerprint density at radius 3 is 2.54 bits per heavy atom. The highest BCUT2D eigenvalue weighted by Gasteiger charge is 2.39. The first-order valence-electron chi connectivity index (χ1n) is 9.58. The molecule has 0 aromatic heterocycles. The summed E-state index contributed by atoms with van der Waals surface area (Å²) in [5.74, 6) is 1.51. The normalized spacial score (nSPS) is 24.7. The second kappa shape index (κ2) is 7.59. The second-order valence-electron chi connectivity index (χ2n) is 8.06. The summed E-state index contributed by atoms with van der Waals surface area (Å²) in [5, 5.41) is 3.17. The maximum Gasteiger partial charge on any atom is 0.232 e. The van der Waals surface area contributed by atoms with Gasteiger partial charge in [-0.2, -0.15) is 0 Å². The smallest absolute Gasteiger partial charge is 0.232 e. The van der Waals surface area contributed by atoms with Crippen LogP contribution in [0.5, 0.6) is 0 Å². The van der Waals surface area contributed by atoms with E-state index < -0.39 is 10.0 Å². The summed E-state index contributed by atoms with van der Waals surface area (Å²) < 4.78 is 25.8. The van der Waals surface area contributed by atoms with Crippen LogP contribution in [0, 0.1) is 25.7 Å². The van der Waals surface area contributed by atoms with E-state index in [-0.39, 0.29) is 5.91 Å². The lowest BCUT2D eigenvalue weighted by molar-refractivity contribution is -0.122. The number of hydrogen-bond donors (Lipinski definition) is 1. The lowest BCUT2D eigenvalue weighted by Gasteiger charge is -2.24. The third-order valence-corrected chi connectivity index (χ3v) is 7.22. The maximum absolute atomic E-state index is 12.3. The van der Waals surface area contributed by atoms with Crippen LogP contribution in [-0.2, 0) is 14.8 Å². The molecular weight excluding hydrogens is 348 g/mol. The summed E-state index contributed by atoms with van der Waals surface area (Å²) in [6.07, 6.45) is 7.05. The molecule has 2 saturated carbocycles. The van der Waals surface area contributed by atoms with Crippen LogP contribution in [0.2, 0.25) is 0 Å². The molecule has 1 aromatic carbocycles. The standard InChI is InChI=1S/C20H30N2O3S/c1-14-6-9-18(11-15(14)2)22(26(3,24)25)10-4-5-20(23)21-19-13-16-7-8-17(19)12-16/h6,9,11,16-17,19H,4-5,7-8,10,12-13H2,1-3H3,(H,21,23)/t16-,17-,19-/m0/s1. The monoisotopic (exact) mass is 378 g/mol. The zero-order valence-electron chi connectivity index (χ0n) is 16.0. The fourth-order valence-corrected chi connectivity index (χ4v) is 5.41. The van der Waals surface area contributed by atoms with Gasteiger partial charge in [-0.15, -0.1) is 0 Å². The van der Waals surface area contributed by atoms with E-state index in [1.54, 1.807) is 0 Å². The molecule has 26 heavy (non-hydrogen) atoms. The number of nitrogens with zero attached hydrogens (tertiary/aromatic N) is 1. The van der Waals surface area contributed by atoms with Crippen molar-refractivity contribution in [2.24, 2.45) is 11.8 Å². The average molecular weight is 379 g/mol. The number of hydrogen-bond acceptors (Lipinski definition) is 3. The Kier molecular flexibility index (Phi) is 5.61. The molecule has 1 amide bonds. The lowest BCUT2D eigenvalue weighted by Crippen LogP contribution is -2.39. The van der Waals surface area contributed by atoms with Crippen LogP contribution in [0.1, 0.15) is 49.7 Å². The fourth-order valence-electron chi connectivity index (χ4n) is 4.45. The molecule has 6 heteroatoms. The van der Waals surface area contributed by atoms with Crippen molar-refractivity contribution >= 4 is 21.6 Å². The average Bonchev–Trinajstić information content (AvgIpc) is 3.16. The molecule has 1 aromatic rings. The van der Waals surface area contributed by atoms with Gasteiger partial charge in [0, 0.05) is 19.0 Å². The van der Waals surface area contributed by atoms with Crippen molar-refractivity contribution in [3.05, 3.63) is 29.3 Å². The molecule has 2 bridgehead atoms. The number of amides is 1. The van der Waals surface area contributed by atoms with Crippen molar-refractivity contribution in [3.63, 3.8) is 0 Å². The highest BCUT2D eigenvalue weighted by atomic mass is 32.2. The molecule has 3 atom stereocenters. The zero-order valence-corrected chi connectivity index (χ0v) is 16.8. The molecule has 2 aliphatic carbocycles. The molecule has 0 unspecified atom stereocenters. The van der Waals surface area contributed by atoms with E-state index >= 15 is 0 Å².